The van der Waals surface area contributed by atoms with Crippen LogP contribution in [0.2, 0.25) is 5.02 Å². The minimum Gasteiger partial charge on any atom is -0.383 e. The number of hydrogen-bond acceptors (Lipinski definition) is 3. The number of carbonyl (C=O) groups is 1. The number of aromatic nitrogens is 2. The number of halogens is 4. The van der Waals surface area contributed by atoms with E-state index in [9.17, 15) is 18.0 Å². The average molecular weight is 361 g/mol. The van der Waals surface area contributed by atoms with Crippen LogP contribution < -0.4 is 11.5 Å². The monoisotopic (exact) mass is 360 g/mol. The van der Waals surface area contributed by atoms with Crippen molar-refractivity contribution in [1.29, 1.82) is 0 Å². The smallest absolute Gasteiger partial charge is 0.383 e. The van der Waals surface area contributed by atoms with Crippen molar-refractivity contribution in [1.82, 2.24) is 9.78 Å². The van der Waals surface area contributed by atoms with Crippen LogP contribution in [0.3, 0.4) is 0 Å². The molecule has 0 spiro atoms. The van der Waals surface area contributed by atoms with Crippen LogP contribution in [0.15, 0.2) is 18.2 Å². The number of nitrogens with two attached hydrogens (primary N) is 2. The van der Waals surface area contributed by atoms with Gasteiger partial charge in [0.2, 0.25) is 0 Å². The number of primary amides is 1. The van der Waals surface area contributed by atoms with Gasteiger partial charge in [-0.15, -0.1) is 0 Å². The first kappa shape index (κ1) is 18.1. The van der Waals surface area contributed by atoms with E-state index >= 15 is 0 Å². The Balaban J connectivity index is 2.50. The molecule has 0 aliphatic carbocycles. The van der Waals surface area contributed by atoms with Gasteiger partial charge in [-0.2, -0.15) is 18.3 Å². The van der Waals surface area contributed by atoms with Crippen molar-refractivity contribution in [2.45, 2.75) is 32.5 Å². The molecule has 0 radical (unpaired) electrons. The standard InChI is InChI=1S/C15H16ClF3N4O/c1-3-11-12(14(21)24)13(20)23(22-11)7(2)9-5-4-8(6-10(9)16)15(17,18)19/h4-7H,3,20H2,1-2H3,(H2,21,24). The van der Waals surface area contributed by atoms with E-state index in [0.29, 0.717) is 17.7 Å². The SMILES string of the molecule is CCc1nn(C(C)c2ccc(C(F)(F)F)cc2Cl)c(N)c1C(N)=O. The zero-order valence-electron chi connectivity index (χ0n) is 13.0. The highest BCUT2D eigenvalue weighted by atomic mass is 35.5. The number of rotatable bonds is 4. The van der Waals surface area contributed by atoms with Gasteiger partial charge in [-0.1, -0.05) is 24.6 Å². The summed E-state index contributed by atoms with van der Waals surface area (Å²) in [5.41, 5.74) is 11.4. The maximum Gasteiger partial charge on any atom is 0.416 e. The Morgan fingerprint density at radius 3 is 2.46 bits per heavy atom. The molecule has 1 aromatic carbocycles. The van der Waals surface area contributed by atoms with Crippen molar-refractivity contribution < 1.29 is 18.0 Å². The lowest BCUT2D eigenvalue weighted by Gasteiger charge is -2.17. The molecule has 4 N–H and O–H groups in total. The summed E-state index contributed by atoms with van der Waals surface area (Å²) in [6.07, 6.45) is -4.05. The molecular formula is C15H16ClF3N4O. The Morgan fingerprint density at radius 1 is 1.42 bits per heavy atom. The highest BCUT2D eigenvalue weighted by molar-refractivity contribution is 6.31. The average Bonchev–Trinajstić information content (AvgIpc) is 2.82. The highest BCUT2D eigenvalue weighted by Crippen LogP contribution is 2.35. The predicted octanol–water partition coefficient (Wildman–Crippen LogP) is 3.41. The zero-order valence-corrected chi connectivity index (χ0v) is 13.7. The van der Waals surface area contributed by atoms with Crippen molar-refractivity contribution in [3.05, 3.63) is 45.6 Å². The molecule has 0 saturated heterocycles. The Hall–Kier alpha value is -2.22. The van der Waals surface area contributed by atoms with Gasteiger partial charge in [0.15, 0.2) is 0 Å². The summed E-state index contributed by atoms with van der Waals surface area (Å²) in [5, 5.41) is 4.18. The molecule has 0 aliphatic heterocycles. The first-order chi connectivity index (χ1) is 11.1. The summed E-state index contributed by atoms with van der Waals surface area (Å²) >= 11 is 6.00. The van der Waals surface area contributed by atoms with E-state index in [1.54, 1.807) is 13.8 Å². The van der Waals surface area contributed by atoms with E-state index in [1.807, 2.05) is 0 Å². The summed E-state index contributed by atoms with van der Waals surface area (Å²) < 4.78 is 39.5. The number of anilines is 1. The molecule has 0 saturated carbocycles. The van der Waals surface area contributed by atoms with Crippen LogP contribution in [0.5, 0.6) is 0 Å². The van der Waals surface area contributed by atoms with Gasteiger partial charge in [-0.25, -0.2) is 4.68 Å². The fourth-order valence-electron chi connectivity index (χ4n) is 2.48. The van der Waals surface area contributed by atoms with Gasteiger partial charge >= 0.3 is 6.18 Å². The summed E-state index contributed by atoms with van der Waals surface area (Å²) in [6, 6.07) is 2.49. The molecule has 24 heavy (non-hydrogen) atoms. The molecule has 1 aromatic heterocycles. The molecular weight excluding hydrogens is 345 g/mol. The molecule has 0 bridgehead atoms. The molecule has 2 rings (SSSR count). The van der Waals surface area contributed by atoms with E-state index in [4.69, 9.17) is 23.1 Å². The second kappa shape index (κ2) is 6.35. The van der Waals surface area contributed by atoms with Gasteiger partial charge in [0, 0.05) is 5.02 Å². The number of nitrogens with zero attached hydrogens (tertiary/aromatic N) is 2. The topological polar surface area (TPSA) is 86.9 Å². The fourth-order valence-corrected chi connectivity index (χ4v) is 2.82. The predicted molar refractivity (Wildman–Crippen MR) is 84.8 cm³/mol. The molecule has 1 heterocycles. The van der Waals surface area contributed by atoms with Crippen molar-refractivity contribution in [2.75, 3.05) is 5.73 Å². The molecule has 2 aromatic rings. The van der Waals surface area contributed by atoms with Crippen molar-refractivity contribution in [2.24, 2.45) is 5.73 Å². The summed E-state index contributed by atoms with van der Waals surface area (Å²) in [4.78, 5) is 11.5. The van der Waals surface area contributed by atoms with Crippen LogP contribution in [0.4, 0.5) is 19.0 Å². The quantitative estimate of drug-likeness (QED) is 0.875. The number of amides is 1. The Kier molecular flexibility index (Phi) is 4.80. The Morgan fingerprint density at radius 2 is 2.04 bits per heavy atom. The van der Waals surface area contributed by atoms with Gasteiger partial charge in [-0.05, 0) is 31.0 Å². The third-order valence-corrected chi connectivity index (χ3v) is 4.07. The largest absolute Gasteiger partial charge is 0.416 e. The van der Waals surface area contributed by atoms with Gasteiger partial charge in [0.25, 0.3) is 5.91 Å². The zero-order chi connectivity index (χ0) is 18.2. The van der Waals surface area contributed by atoms with Crippen LogP contribution in [-0.2, 0) is 12.6 Å². The Labute approximate surface area is 141 Å². The molecule has 9 heteroatoms. The van der Waals surface area contributed by atoms with Crippen LogP contribution in [0.1, 0.15) is 47.1 Å². The van der Waals surface area contributed by atoms with Gasteiger partial charge in [0.05, 0.1) is 17.3 Å². The third kappa shape index (κ3) is 3.19. The van der Waals surface area contributed by atoms with E-state index in [-0.39, 0.29) is 16.4 Å². The van der Waals surface area contributed by atoms with Crippen LogP contribution in [0.25, 0.3) is 0 Å². The number of carbonyl (C=O) groups excluding carboxylic acids is 1. The van der Waals surface area contributed by atoms with Gasteiger partial charge in [0.1, 0.15) is 11.4 Å². The van der Waals surface area contributed by atoms with Gasteiger partial charge < -0.3 is 11.5 Å². The number of aryl methyl sites for hydroxylation is 1. The second-order valence-corrected chi connectivity index (χ2v) is 5.69. The maximum atomic E-state index is 12.7. The summed E-state index contributed by atoms with van der Waals surface area (Å²) in [7, 11) is 0. The van der Waals surface area contributed by atoms with E-state index in [0.717, 1.165) is 12.1 Å². The van der Waals surface area contributed by atoms with Crippen LogP contribution >= 0.6 is 11.6 Å². The molecule has 130 valence electrons. The van der Waals surface area contributed by atoms with Crippen molar-refractivity contribution >= 4 is 23.3 Å². The molecule has 5 nitrogen and oxygen atoms in total. The molecule has 1 amide bonds. The van der Waals surface area contributed by atoms with Crippen LogP contribution in [-0.4, -0.2) is 15.7 Å². The fraction of sp³-hybridized carbons (Fsp3) is 0.333. The van der Waals surface area contributed by atoms with E-state index in [2.05, 4.69) is 5.10 Å². The number of nitrogen functional groups attached to an aromatic ring is 1. The molecule has 0 fully saturated rings. The lowest BCUT2D eigenvalue weighted by molar-refractivity contribution is -0.137. The highest BCUT2D eigenvalue weighted by Gasteiger charge is 2.31. The first-order valence-electron chi connectivity index (χ1n) is 7.11. The maximum absolute atomic E-state index is 12.7. The molecule has 1 atom stereocenters. The minimum atomic E-state index is -4.48. The number of alkyl halides is 3. The lowest BCUT2D eigenvalue weighted by Crippen LogP contribution is -2.16. The third-order valence-electron chi connectivity index (χ3n) is 3.75. The minimum absolute atomic E-state index is 0.0582. The van der Waals surface area contributed by atoms with Crippen molar-refractivity contribution in [3.8, 4) is 0 Å². The second-order valence-electron chi connectivity index (χ2n) is 5.28. The van der Waals surface area contributed by atoms with E-state index in [1.165, 1.54) is 10.7 Å². The van der Waals surface area contributed by atoms with E-state index < -0.39 is 23.7 Å². The normalized spacial score (nSPS) is 13.1. The lowest BCUT2D eigenvalue weighted by atomic mass is 10.1. The first-order valence-corrected chi connectivity index (χ1v) is 7.49. The van der Waals surface area contributed by atoms with Crippen LogP contribution in [0, 0.1) is 0 Å². The Bertz CT molecular complexity index is 786. The van der Waals surface area contributed by atoms with Crippen molar-refractivity contribution in [3.63, 3.8) is 0 Å². The molecule has 0 aliphatic rings. The van der Waals surface area contributed by atoms with Gasteiger partial charge in [-0.3, -0.25) is 4.79 Å². The molecule has 1 unspecified atom stereocenters. The number of hydrogen-bond donors (Lipinski definition) is 2. The number of benzene rings is 1. The summed E-state index contributed by atoms with van der Waals surface area (Å²) in [5.74, 6) is -0.649. The summed E-state index contributed by atoms with van der Waals surface area (Å²) in [6.45, 7) is 3.45.